The maximum Gasteiger partial charge on any atom is 0.0828 e. The van der Waals surface area contributed by atoms with E-state index in [0.717, 1.165) is 19.4 Å². The first-order chi connectivity index (χ1) is 6.87. The van der Waals surface area contributed by atoms with Crippen LogP contribution in [0.25, 0.3) is 0 Å². The number of piperidine rings is 1. The Morgan fingerprint density at radius 3 is 2.53 bits per heavy atom. The Balaban J connectivity index is 2.68. The van der Waals surface area contributed by atoms with Gasteiger partial charge in [0.25, 0.3) is 0 Å². The van der Waals surface area contributed by atoms with Crippen LogP contribution in [-0.4, -0.2) is 42.8 Å². The summed E-state index contributed by atoms with van der Waals surface area (Å²) in [7, 11) is 2.16. The fourth-order valence-electron chi connectivity index (χ4n) is 2.57. The van der Waals surface area contributed by atoms with Crippen LogP contribution in [0.2, 0.25) is 0 Å². The lowest BCUT2D eigenvalue weighted by Crippen LogP contribution is -2.52. The zero-order valence-corrected chi connectivity index (χ0v) is 10.7. The Bertz CT molecular complexity index is 196. The van der Waals surface area contributed by atoms with Gasteiger partial charge in [-0.3, -0.25) is 0 Å². The fraction of sp³-hybridized carbons (Fsp3) is 1.00. The highest BCUT2D eigenvalue weighted by Crippen LogP contribution is 2.31. The van der Waals surface area contributed by atoms with Crippen molar-refractivity contribution in [1.82, 2.24) is 4.90 Å². The molecular weight excluding hydrogens is 188 g/mol. The summed E-state index contributed by atoms with van der Waals surface area (Å²) in [6.45, 7) is 9.28. The summed E-state index contributed by atoms with van der Waals surface area (Å²) in [4.78, 5) is 2.35. The average molecular weight is 214 g/mol. The van der Waals surface area contributed by atoms with Gasteiger partial charge in [-0.1, -0.05) is 0 Å². The Morgan fingerprint density at radius 1 is 1.40 bits per heavy atom. The van der Waals surface area contributed by atoms with E-state index in [4.69, 9.17) is 10.5 Å². The van der Waals surface area contributed by atoms with Gasteiger partial charge in [0, 0.05) is 6.54 Å². The Labute approximate surface area is 94.0 Å². The first-order valence-corrected chi connectivity index (χ1v) is 5.96. The van der Waals surface area contributed by atoms with Gasteiger partial charge in [-0.25, -0.2) is 0 Å². The van der Waals surface area contributed by atoms with Crippen LogP contribution in [-0.2, 0) is 4.74 Å². The quantitative estimate of drug-likeness (QED) is 0.776. The zero-order chi connectivity index (χ0) is 11.5. The van der Waals surface area contributed by atoms with Gasteiger partial charge in [0.05, 0.1) is 11.2 Å². The molecule has 0 bridgehead atoms. The molecule has 1 aliphatic heterocycles. The van der Waals surface area contributed by atoms with Crippen molar-refractivity contribution < 1.29 is 4.74 Å². The van der Waals surface area contributed by atoms with Crippen LogP contribution in [0.15, 0.2) is 0 Å². The van der Waals surface area contributed by atoms with Crippen molar-refractivity contribution in [3.8, 4) is 0 Å². The Morgan fingerprint density at radius 2 is 2.07 bits per heavy atom. The molecule has 0 amide bonds. The van der Waals surface area contributed by atoms with E-state index in [1.165, 1.54) is 13.0 Å². The molecular formula is C12H26N2O. The third-order valence-corrected chi connectivity index (χ3v) is 2.85. The number of ether oxygens (including phenoxy) is 1. The third-order valence-electron chi connectivity index (χ3n) is 2.85. The van der Waals surface area contributed by atoms with Crippen LogP contribution in [0, 0.1) is 0 Å². The van der Waals surface area contributed by atoms with Crippen molar-refractivity contribution in [2.24, 2.45) is 5.73 Å². The van der Waals surface area contributed by atoms with E-state index in [-0.39, 0.29) is 11.2 Å². The number of nitrogens with two attached hydrogens (primary N) is 1. The predicted molar refractivity (Wildman–Crippen MR) is 64.0 cm³/mol. The normalized spacial score (nSPS) is 29.4. The molecule has 1 rings (SSSR count). The van der Waals surface area contributed by atoms with Crippen molar-refractivity contribution in [2.75, 3.05) is 26.7 Å². The number of nitrogens with zero attached hydrogens (tertiary/aromatic N) is 1. The standard InChI is InChI=1S/C12H26N2O/c1-11(2,3)15-12(7-8-13)6-5-9-14(4)10-12/h5-10,13H2,1-4H3. The number of rotatable bonds is 3. The predicted octanol–water partition coefficient (Wildman–Crippen LogP) is 1.61. The summed E-state index contributed by atoms with van der Waals surface area (Å²) in [5.41, 5.74) is 5.62. The van der Waals surface area contributed by atoms with Gasteiger partial charge < -0.3 is 15.4 Å². The van der Waals surface area contributed by atoms with Crippen LogP contribution >= 0.6 is 0 Å². The monoisotopic (exact) mass is 214 g/mol. The van der Waals surface area contributed by atoms with Crippen molar-refractivity contribution in [1.29, 1.82) is 0 Å². The van der Waals surface area contributed by atoms with Gasteiger partial charge in [-0.2, -0.15) is 0 Å². The maximum absolute atomic E-state index is 6.26. The molecule has 0 saturated carbocycles. The van der Waals surface area contributed by atoms with Gasteiger partial charge in [0.15, 0.2) is 0 Å². The highest BCUT2D eigenvalue weighted by Gasteiger charge is 2.37. The van der Waals surface area contributed by atoms with Gasteiger partial charge in [-0.15, -0.1) is 0 Å². The SMILES string of the molecule is CN1CCCC(CCN)(OC(C)(C)C)C1. The molecule has 1 aliphatic rings. The van der Waals surface area contributed by atoms with Crippen molar-refractivity contribution in [3.63, 3.8) is 0 Å². The van der Waals surface area contributed by atoms with E-state index in [9.17, 15) is 0 Å². The second-order valence-corrected chi connectivity index (χ2v) is 5.78. The van der Waals surface area contributed by atoms with Crippen molar-refractivity contribution in [3.05, 3.63) is 0 Å². The second kappa shape index (κ2) is 4.81. The molecule has 1 heterocycles. The summed E-state index contributed by atoms with van der Waals surface area (Å²) in [6, 6.07) is 0. The third kappa shape index (κ3) is 4.09. The highest BCUT2D eigenvalue weighted by atomic mass is 16.5. The number of hydrogen-bond donors (Lipinski definition) is 1. The molecule has 1 unspecified atom stereocenters. The molecule has 90 valence electrons. The molecule has 0 aromatic heterocycles. The molecule has 0 radical (unpaired) electrons. The molecule has 3 heteroatoms. The molecule has 1 fully saturated rings. The molecule has 1 saturated heterocycles. The molecule has 0 aromatic carbocycles. The lowest BCUT2D eigenvalue weighted by atomic mass is 9.88. The molecule has 0 spiro atoms. The minimum atomic E-state index is -0.0760. The lowest BCUT2D eigenvalue weighted by molar-refractivity contribution is -0.159. The van der Waals surface area contributed by atoms with E-state index in [1.54, 1.807) is 0 Å². The summed E-state index contributed by atoms with van der Waals surface area (Å²) in [5, 5.41) is 0. The molecule has 15 heavy (non-hydrogen) atoms. The number of likely N-dealkylation sites (tertiary alicyclic amines) is 1. The van der Waals surface area contributed by atoms with Crippen LogP contribution in [0.5, 0.6) is 0 Å². The van der Waals surface area contributed by atoms with Crippen LogP contribution in [0.4, 0.5) is 0 Å². The van der Waals surface area contributed by atoms with Crippen molar-refractivity contribution in [2.45, 2.75) is 51.2 Å². The minimum Gasteiger partial charge on any atom is -0.368 e. The van der Waals surface area contributed by atoms with E-state index < -0.39 is 0 Å². The fourth-order valence-corrected chi connectivity index (χ4v) is 2.57. The summed E-state index contributed by atoms with van der Waals surface area (Å²) in [6.07, 6.45) is 3.33. The van der Waals surface area contributed by atoms with Gasteiger partial charge in [0.1, 0.15) is 0 Å². The van der Waals surface area contributed by atoms with E-state index in [1.807, 2.05) is 0 Å². The highest BCUT2D eigenvalue weighted by molar-refractivity contribution is 4.90. The van der Waals surface area contributed by atoms with E-state index >= 15 is 0 Å². The maximum atomic E-state index is 6.26. The summed E-state index contributed by atoms with van der Waals surface area (Å²) >= 11 is 0. The van der Waals surface area contributed by atoms with E-state index in [0.29, 0.717) is 6.54 Å². The van der Waals surface area contributed by atoms with Crippen molar-refractivity contribution >= 4 is 0 Å². The average Bonchev–Trinajstić information content (AvgIpc) is 1.99. The first-order valence-electron chi connectivity index (χ1n) is 5.96. The van der Waals surface area contributed by atoms with E-state index in [2.05, 4.69) is 32.7 Å². The topological polar surface area (TPSA) is 38.5 Å². The molecule has 0 aliphatic carbocycles. The van der Waals surface area contributed by atoms with Gasteiger partial charge in [0.2, 0.25) is 0 Å². The number of hydrogen-bond acceptors (Lipinski definition) is 3. The lowest BCUT2D eigenvalue weighted by Gasteiger charge is -2.45. The smallest absolute Gasteiger partial charge is 0.0828 e. The largest absolute Gasteiger partial charge is 0.368 e. The molecule has 1 atom stereocenters. The molecule has 2 N–H and O–H groups in total. The Kier molecular flexibility index (Phi) is 4.15. The summed E-state index contributed by atoms with van der Waals surface area (Å²) in [5.74, 6) is 0. The first kappa shape index (κ1) is 12.9. The van der Waals surface area contributed by atoms with Crippen LogP contribution in [0.1, 0.15) is 40.0 Å². The summed E-state index contributed by atoms with van der Waals surface area (Å²) < 4.78 is 6.26. The number of likely N-dealkylation sites (N-methyl/N-ethyl adjacent to an activating group) is 1. The van der Waals surface area contributed by atoms with Crippen LogP contribution in [0.3, 0.4) is 0 Å². The second-order valence-electron chi connectivity index (χ2n) is 5.78. The van der Waals surface area contributed by atoms with Gasteiger partial charge >= 0.3 is 0 Å². The van der Waals surface area contributed by atoms with Crippen LogP contribution < -0.4 is 5.73 Å². The molecule has 0 aromatic rings. The van der Waals surface area contributed by atoms with Gasteiger partial charge in [-0.05, 0) is 60.2 Å². The molecule has 3 nitrogen and oxygen atoms in total. The Hall–Kier alpha value is -0.120. The minimum absolute atomic E-state index is 0.0139. The zero-order valence-electron chi connectivity index (χ0n) is 10.7.